The van der Waals surface area contributed by atoms with Gasteiger partial charge in [0, 0.05) is 13.6 Å². The number of carbonyl (C=O) groups is 1. The maximum Gasteiger partial charge on any atom is 0.232 e. The van der Waals surface area contributed by atoms with Crippen molar-refractivity contribution in [3.8, 4) is 6.07 Å². The minimum Gasteiger partial charge on any atom is -0.344 e. The van der Waals surface area contributed by atoms with Crippen LogP contribution in [0.3, 0.4) is 0 Å². The third-order valence-corrected chi connectivity index (χ3v) is 4.36. The fourth-order valence-corrected chi connectivity index (χ4v) is 3.12. The Labute approximate surface area is 122 Å². The highest BCUT2D eigenvalue weighted by molar-refractivity contribution is 7.99. The molecule has 0 saturated heterocycles. The average Bonchev–Trinajstić information content (AvgIpc) is 3.11. The molecule has 0 aliphatic heterocycles. The highest BCUT2D eigenvalue weighted by Crippen LogP contribution is 2.31. The Bertz CT molecular complexity index is 490. The van der Waals surface area contributed by atoms with Crippen molar-refractivity contribution >= 4 is 17.7 Å². The van der Waals surface area contributed by atoms with E-state index >= 15 is 0 Å². The van der Waals surface area contributed by atoms with E-state index in [0.29, 0.717) is 29.9 Å². The number of rotatable bonds is 6. The quantitative estimate of drug-likeness (QED) is 0.734. The average molecular weight is 294 g/mol. The summed E-state index contributed by atoms with van der Waals surface area (Å²) in [5.41, 5.74) is 0. The first-order chi connectivity index (χ1) is 9.72. The summed E-state index contributed by atoms with van der Waals surface area (Å²) < 4.78 is 1.85. The zero-order valence-corrected chi connectivity index (χ0v) is 12.3. The zero-order chi connectivity index (χ0) is 14.4. The first-order valence-corrected chi connectivity index (χ1v) is 7.72. The fraction of sp³-hybridized carbons (Fsp3) is 0.750. The van der Waals surface area contributed by atoms with Gasteiger partial charge in [-0.05, 0) is 23.3 Å². The molecule has 1 aliphatic rings. The van der Waals surface area contributed by atoms with Gasteiger partial charge in [-0.15, -0.1) is 5.10 Å². The van der Waals surface area contributed by atoms with E-state index in [0.717, 1.165) is 12.8 Å². The lowest BCUT2D eigenvalue weighted by Gasteiger charge is -2.15. The van der Waals surface area contributed by atoms with Crippen molar-refractivity contribution in [3.05, 3.63) is 0 Å². The van der Waals surface area contributed by atoms with Gasteiger partial charge in [0.2, 0.25) is 11.1 Å². The van der Waals surface area contributed by atoms with E-state index in [1.807, 2.05) is 10.8 Å². The molecule has 1 aliphatic carbocycles. The van der Waals surface area contributed by atoms with E-state index in [1.54, 1.807) is 11.9 Å². The van der Waals surface area contributed by atoms with E-state index in [4.69, 9.17) is 5.26 Å². The summed E-state index contributed by atoms with van der Waals surface area (Å²) >= 11 is 1.36. The largest absolute Gasteiger partial charge is 0.344 e. The SMILES string of the molecule is CN(CCC#N)C(=O)CSc1nnnn1C1CCCC1. The summed E-state index contributed by atoms with van der Waals surface area (Å²) in [5, 5.41) is 21.0. The zero-order valence-electron chi connectivity index (χ0n) is 11.5. The van der Waals surface area contributed by atoms with Crippen LogP contribution in [0.5, 0.6) is 0 Å². The van der Waals surface area contributed by atoms with Crippen molar-refractivity contribution in [2.45, 2.75) is 43.3 Å². The number of amides is 1. The highest BCUT2D eigenvalue weighted by atomic mass is 32.2. The van der Waals surface area contributed by atoms with Gasteiger partial charge in [-0.25, -0.2) is 4.68 Å². The Kier molecular flexibility index (Phi) is 5.35. The molecule has 0 radical (unpaired) electrons. The smallest absolute Gasteiger partial charge is 0.232 e. The first-order valence-electron chi connectivity index (χ1n) is 6.74. The van der Waals surface area contributed by atoms with Crippen LogP contribution < -0.4 is 0 Å². The van der Waals surface area contributed by atoms with Gasteiger partial charge in [0.05, 0.1) is 24.3 Å². The molecule has 1 amide bonds. The van der Waals surface area contributed by atoms with Gasteiger partial charge in [-0.3, -0.25) is 4.79 Å². The number of nitriles is 1. The maximum atomic E-state index is 11.9. The van der Waals surface area contributed by atoms with E-state index in [-0.39, 0.29) is 5.91 Å². The van der Waals surface area contributed by atoms with Gasteiger partial charge in [0.25, 0.3) is 0 Å². The van der Waals surface area contributed by atoms with Gasteiger partial charge >= 0.3 is 0 Å². The Hall–Kier alpha value is -1.62. The third kappa shape index (κ3) is 3.70. The van der Waals surface area contributed by atoms with E-state index < -0.39 is 0 Å². The predicted molar refractivity (Wildman–Crippen MR) is 73.9 cm³/mol. The van der Waals surface area contributed by atoms with Crippen LogP contribution in [-0.2, 0) is 4.79 Å². The van der Waals surface area contributed by atoms with Crippen molar-refractivity contribution in [1.29, 1.82) is 5.26 Å². The molecule has 0 atom stereocenters. The molecule has 108 valence electrons. The first kappa shape index (κ1) is 14.8. The summed E-state index contributed by atoms with van der Waals surface area (Å²) in [6.07, 6.45) is 4.99. The maximum absolute atomic E-state index is 11.9. The molecule has 7 nitrogen and oxygen atoms in total. The van der Waals surface area contributed by atoms with Crippen LogP contribution in [0.25, 0.3) is 0 Å². The Morgan fingerprint density at radius 2 is 2.30 bits per heavy atom. The minimum atomic E-state index is -0.00813. The van der Waals surface area contributed by atoms with E-state index in [2.05, 4.69) is 15.5 Å². The monoisotopic (exact) mass is 294 g/mol. The molecule has 1 saturated carbocycles. The number of aromatic nitrogens is 4. The van der Waals surface area contributed by atoms with Crippen LogP contribution in [0.15, 0.2) is 5.16 Å². The second kappa shape index (κ2) is 7.24. The molecule has 8 heteroatoms. The molecule has 1 fully saturated rings. The molecule has 0 aromatic carbocycles. The van der Waals surface area contributed by atoms with Crippen molar-refractivity contribution in [3.63, 3.8) is 0 Å². The van der Waals surface area contributed by atoms with Gasteiger partial charge in [0.1, 0.15) is 0 Å². The number of thioether (sulfide) groups is 1. The Morgan fingerprint density at radius 1 is 1.55 bits per heavy atom. The van der Waals surface area contributed by atoms with Crippen LogP contribution in [0.1, 0.15) is 38.1 Å². The van der Waals surface area contributed by atoms with Crippen LogP contribution >= 0.6 is 11.8 Å². The summed E-state index contributed by atoms with van der Waals surface area (Å²) in [6.45, 7) is 0.462. The number of carbonyl (C=O) groups excluding carboxylic acids is 1. The molecule has 0 bridgehead atoms. The van der Waals surface area contributed by atoms with Crippen LogP contribution in [0.4, 0.5) is 0 Å². The molecule has 1 aromatic rings. The van der Waals surface area contributed by atoms with E-state index in [1.165, 1.54) is 24.6 Å². The Balaban J connectivity index is 1.86. The van der Waals surface area contributed by atoms with Gasteiger partial charge in [-0.2, -0.15) is 5.26 Å². The predicted octanol–water partition coefficient (Wildman–Crippen LogP) is 1.25. The summed E-state index contributed by atoms with van der Waals surface area (Å²) in [6, 6.07) is 2.41. The third-order valence-electron chi connectivity index (χ3n) is 3.44. The molecule has 0 unspecified atom stereocenters. The fourth-order valence-electron chi connectivity index (χ4n) is 2.24. The number of nitrogens with zero attached hydrogens (tertiary/aromatic N) is 6. The molecule has 2 rings (SSSR count). The van der Waals surface area contributed by atoms with Crippen LogP contribution in [-0.4, -0.2) is 50.4 Å². The second-order valence-electron chi connectivity index (χ2n) is 4.86. The van der Waals surface area contributed by atoms with Gasteiger partial charge in [0.15, 0.2) is 0 Å². The minimum absolute atomic E-state index is 0.00813. The second-order valence-corrected chi connectivity index (χ2v) is 5.80. The number of hydrogen-bond donors (Lipinski definition) is 0. The molecular weight excluding hydrogens is 276 g/mol. The van der Waals surface area contributed by atoms with Crippen molar-refractivity contribution in [2.24, 2.45) is 0 Å². The van der Waals surface area contributed by atoms with Gasteiger partial charge < -0.3 is 4.90 Å². The molecule has 1 aromatic heterocycles. The standard InChI is InChI=1S/C12H18N6OS/c1-17(8-4-7-13)11(19)9-20-12-14-15-16-18(12)10-5-2-3-6-10/h10H,2-6,8-9H2,1H3. The van der Waals surface area contributed by atoms with Crippen LogP contribution in [0, 0.1) is 11.3 Å². The topological polar surface area (TPSA) is 87.7 Å². The molecular formula is C12H18N6OS. The number of hydrogen-bond acceptors (Lipinski definition) is 6. The van der Waals surface area contributed by atoms with Crippen molar-refractivity contribution in [2.75, 3.05) is 19.3 Å². The Morgan fingerprint density at radius 3 is 3.00 bits per heavy atom. The van der Waals surface area contributed by atoms with Crippen molar-refractivity contribution < 1.29 is 4.79 Å². The van der Waals surface area contributed by atoms with E-state index in [9.17, 15) is 4.79 Å². The number of tetrazole rings is 1. The summed E-state index contributed by atoms with van der Waals surface area (Å²) in [5.74, 6) is 0.292. The summed E-state index contributed by atoms with van der Waals surface area (Å²) in [7, 11) is 1.71. The molecule has 0 spiro atoms. The molecule has 20 heavy (non-hydrogen) atoms. The lowest BCUT2D eigenvalue weighted by molar-refractivity contribution is -0.127. The molecule has 1 heterocycles. The molecule has 0 N–H and O–H groups in total. The van der Waals surface area contributed by atoms with Gasteiger partial charge in [-0.1, -0.05) is 24.6 Å². The summed E-state index contributed by atoms with van der Waals surface area (Å²) in [4.78, 5) is 13.5. The lowest BCUT2D eigenvalue weighted by Crippen LogP contribution is -2.29. The van der Waals surface area contributed by atoms with Crippen LogP contribution in [0.2, 0.25) is 0 Å². The highest BCUT2D eigenvalue weighted by Gasteiger charge is 2.22. The lowest BCUT2D eigenvalue weighted by atomic mass is 10.3. The van der Waals surface area contributed by atoms with Crippen molar-refractivity contribution in [1.82, 2.24) is 25.1 Å². The normalized spacial score (nSPS) is 15.2.